The van der Waals surface area contributed by atoms with Crippen LogP contribution in [0.5, 0.6) is 11.5 Å². The largest absolute Gasteiger partial charge is 0.454 e. The number of hydrogen-bond acceptors (Lipinski definition) is 5. The lowest BCUT2D eigenvalue weighted by Crippen LogP contribution is -2.19. The molecule has 0 unspecified atom stereocenters. The fourth-order valence-electron chi connectivity index (χ4n) is 2.09. The molecule has 1 amide bonds. The number of amides is 1. The summed E-state index contributed by atoms with van der Waals surface area (Å²) in [5.41, 5.74) is 4.83. The smallest absolute Gasteiger partial charge is 0.272 e. The fraction of sp³-hybridized carbons (Fsp3) is 0.188. The van der Waals surface area contributed by atoms with Gasteiger partial charge in [-0.1, -0.05) is 6.07 Å². The topological polar surface area (TPSA) is 72.8 Å². The van der Waals surface area contributed by atoms with Crippen LogP contribution in [0.15, 0.2) is 47.8 Å². The summed E-state index contributed by atoms with van der Waals surface area (Å²) in [5, 5.41) is 4.11. The molecule has 1 aliphatic rings. The van der Waals surface area contributed by atoms with Gasteiger partial charge in [0.05, 0.1) is 5.56 Å². The van der Waals surface area contributed by atoms with Crippen molar-refractivity contribution in [2.75, 3.05) is 6.79 Å². The number of nitrogens with zero attached hydrogens (tertiary/aromatic N) is 2. The predicted molar refractivity (Wildman–Crippen MR) is 81.1 cm³/mol. The first kappa shape index (κ1) is 14.1. The first-order chi connectivity index (χ1) is 10.7. The lowest BCUT2D eigenvalue weighted by atomic mass is 10.1. The average Bonchev–Trinajstić information content (AvgIpc) is 3.01. The summed E-state index contributed by atoms with van der Waals surface area (Å²) in [6.45, 7) is 2.11. The van der Waals surface area contributed by atoms with E-state index in [1.807, 2.05) is 25.1 Å². The highest BCUT2D eigenvalue weighted by Gasteiger charge is 2.13. The second-order valence-electron chi connectivity index (χ2n) is 4.89. The van der Waals surface area contributed by atoms with E-state index in [0.29, 0.717) is 12.0 Å². The summed E-state index contributed by atoms with van der Waals surface area (Å²) in [4.78, 5) is 15.8. The third-order valence-corrected chi connectivity index (χ3v) is 3.17. The molecule has 0 spiro atoms. The number of hydrogen-bond donors (Lipinski definition) is 1. The number of rotatable bonds is 4. The molecule has 2 aromatic rings. The summed E-state index contributed by atoms with van der Waals surface area (Å²) < 4.78 is 10.6. The van der Waals surface area contributed by atoms with E-state index in [-0.39, 0.29) is 12.7 Å². The molecule has 0 fully saturated rings. The zero-order chi connectivity index (χ0) is 15.4. The Labute approximate surface area is 127 Å². The van der Waals surface area contributed by atoms with Crippen LogP contribution < -0.4 is 14.9 Å². The van der Waals surface area contributed by atoms with Gasteiger partial charge in [-0.15, -0.1) is 0 Å². The van der Waals surface area contributed by atoms with Crippen molar-refractivity contribution in [1.82, 2.24) is 10.4 Å². The van der Waals surface area contributed by atoms with Crippen molar-refractivity contribution in [1.29, 1.82) is 0 Å². The highest BCUT2D eigenvalue weighted by atomic mass is 16.7. The highest BCUT2D eigenvalue weighted by Crippen LogP contribution is 2.32. The molecule has 0 bridgehead atoms. The van der Waals surface area contributed by atoms with Crippen molar-refractivity contribution in [3.63, 3.8) is 0 Å². The van der Waals surface area contributed by atoms with Crippen molar-refractivity contribution < 1.29 is 14.3 Å². The monoisotopic (exact) mass is 297 g/mol. The van der Waals surface area contributed by atoms with Gasteiger partial charge in [0.2, 0.25) is 6.79 Å². The molecule has 1 N–H and O–H groups in total. The molecule has 0 atom stereocenters. The molecule has 6 heteroatoms. The molecule has 1 aromatic carbocycles. The summed E-state index contributed by atoms with van der Waals surface area (Å²) >= 11 is 0. The van der Waals surface area contributed by atoms with Gasteiger partial charge in [-0.2, -0.15) is 5.10 Å². The summed E-state index contributed by atoms with van der Waals surface area (Å²) in [5.74, 6) is 1.21. The van der Waals surface area contributed by atoms with Gasteiger partial charge < -0.3 is 9.47 Å². The Hall–Kier alpha value is -2.89. The Morgan fingerprint density at radius 1 is 1.32 bits per heavy atom. The molecule has 0 saturated heterocycles. The third kappa shape index (κ3) is 3.22. The van der Waals surface area contributed by atoms with Crippen LogP contribution >= 0.6 is 0 Å². The van der Waals surface area contributed by atoms with Crippen molar-refractivity contribution in [3.8, 4) is 11.5 Å². The number of ether oxygens (including phenoxy) is 2. The van der Waals surface area contributed by atoms with Crippen molar-refractivity contribution in [2.24, 2.45) is 5.10 Å². The second kappa shape index (κ2) is 6.26. The maximum absolute atomic E-state index is 11.9. The average molecular weight is 297 g/mol. The van der Waals surface area contributed by atoms with E-state index in [4.69, 9.17) is 9.47 Å². The van der Waals surface area contributed by atoms with Crippen LogP contribution in [-0.4, -0.2) is 23.4 Å². The molecule has 1 aliphatic heterocycles. The van der Waals surface area contributed by atoms with Crippen molar-refractivity contribution in [3.05, 3.63) is 53.9 Å². The van der Waals surface area contributed by atoms with E-state index in [2.05, 4.69) is 15.5 Å². The van der Waals surface area contributed by atoms with Crippen LogP contribution in [0.2, 0.25) is 0 Å². The van der Waals surface area contributed by atoms with E-state index >= 15 is 0 Å². The first-order valence-electron chi connectivity index (χ1n) is 6.84. The molecule has 6 nitrogen and oxygen atoms in total. The zero-order valence-corrected chi connectivity index (χ0v) is 12.1. The van der Waals surface area contributed by atoms with Crippen LogP contribution in [0.3, 0.4) is 0 Å². The van der Waals surface area contributed by atoms with Crippen LogP contribution in [0, 0.1) is 0 Å². The molecule has 112 valence electrons. The van der Waals surface area contributed by atoms with E-state index in [1.54, 1.807) is 18.3 Å². The maximum atomic E-state index is 11.9. The lowest BCUT2D eigenvalue weighted by molar-refractivity contribution is 0.0954. The molecule has 0 aliphatic carbocycles. The second-order valence-corrected chi connectivity index (χ2v) is 4.89. The van der Waals surface area contributed by atoms with Gasteiger partial charge in [-0.25, -0.2) is 5.43 Å². The van der Waals surface area contributed by atoms with E-state index in [1.165, 1.54) is 6.20 Å². The van der Waals surface area contributed by atoms with Gasteiger partial charge in [0, 0.05) is 24.5 Å². The minimum atomic E-state index is -0.280. The molecule has 0 radical (unpaired) electrons. The molecule has 3 rings (SSSR count). The summed E-state index contributed by atoms with van der Waals surface area (Å²) in [6.07, 6.45) is 3.73. The number of nitrogens with one attached hydrogen (secondary N) is 1. The molecular weight excluding hydrogens is 282 g/mol. The Kier molecular flexibility index (Phi) is 4.00. The quantitative estimate of drug-likeness (QED) is 0.693. The number of pyridine rings is 1. The molecule has 22 heavy (non-hydrogen) atoms. The van der Waals surface area contributed by atoms with E-state index in [9.17, 15) is 4.79 Å². The van der Waals surface area contributed by atoms with Gasteiger partial charge in [0.25, 0.3) is 5.91 Å². The normalized spacial score (nSPS) is 13.0. The Balaban J connectivity index is 1.62. The Bertz CT molecular complexity index is 714. The number of fused-ring (bicyclic) bond motifs is 1. The number of benzene rings is 1. The highest BCUT2D eigenvalue weighted by molar-refractivity contribution is 5.95. The van der Waals surface area contributed by atoms with Gasteiger partial charge in [-0.3, -0.25) is 9.78 Å². The minimum absolute atomic E-state index is 0.257. The van der Waals surface area contributed by atoms with Gasteiger partial charge in [-0.05, 0) is 36.8 Å². The molecule has 1 aromatic heterocycles. The summed E-state index contributed by atoms with van der Waals surface area (Å²) in [6, 6.07) is 9.14. The van der Waals surface area contributed by atoms with Crippen LogP contribution in [0.4, 0.5) is 0 Å². The fourth-order valence-corrected chi connectivity index (χ4v) is 2.09. The van der Waals surface area contributed by atoms with Crippen LogP contribution in [-0.2, 0) is 6.42 Å². The van der Waals surface area contributed by atoms with Crippen molar-refractivity contribution in [2.45, 2.75) is 13.3 Å². The predicted octanol–water partition coefficient (Wildman–Crippen LogP) is 2.16. The van der Waals surface area contributed by atoms with Gasteiger partial charge >= 0.3 is 0 Å². The minimum Gasteiger partial charge on any atom is -0.454 e. The number of hydrazone groups is 1. The molecular formula is C16H15N3O3. The van der Waals surface area contributed by atoms with E-state index in [0.717, 1.165) is 22.8 Å². The standard InChI is InChI=1S/C16H15N3O3/c1-11(18-19-16(20)13-3-2-6-17-9-13)7-12-4-5-14-15(8-12)22-10-21-14/h2-6,8-9H,7,10H2,1H3,(H,19,20)/b18-11+. The van der Waals surface area contributed by atoms with Crippen LogP contribution in [0.25, 0.3) is 0 Å². The lowest BCUT2D eigenvalue weighted by Gasteiger charge is -2.04. The van der Waals surface area contributed by atoms with Crippen LogP contribution in [0.1, 0.15) is 22.8 Å². The van der Waals surface area contributed by atoms with Gasteiger partial charge in [0.15, 0.2) is 11.5 Å². The van der Waals surface area contributed by atoms with E-state index < -0.39 is 0 Å². The Morgan fingerprint density at radius 3 is 3.00 bits per heavy atom. The summed E-state index contributed by atoms with van der Waals surface area (Å²) in [7, 11) is 0. The third-order valence-electron chi connectivity index (χ3n) is 3.17. The number of aromatic nitrogens is 1. The zero-order valence-electron chi connectivity index (χ0n) is 12.1. The maximum Gasteiger partial charge on any atom is 0.272 e. The molecule has 2 heterocycles. The molecule has 0 saturated carbocycles. The first-order valence-corrected chi connectivity index (χ1v) is 6.84. The van der Waals surface area contributed by atoms with Gasteiger partial charge in [0.1, 0.15) is 0 Å². The van der Waals surface area contributed by atoms with Crippen molar-refractivity contribution >= 4 is 11.6 Å². The SMILES string of the molecule is C/C(Cc1ccc2c(c1)OCO2)=N\NC(=O)c1cccnc1. The number of carbonyl (C=O) groups is 1. The Morgan fingerprint density at radius 2 is 2.18 bits per heavy atom. The number of carbonyl (C=O) groups excluding carboxylic acids is 1.